The van der Waals surface area contributed by atoms with Gasteiger partial charge in [0.25, 0.3) is 0 Å². The molecule has 2 aromatic rings. The summed E-state index contributed by atoms with van der Waals surface area (Å²) in [4.78, 5) is 12.3. The smallest absolute Gasteiger partial charge is 0.322 e. The molecule has 2 rings (SSSR count). The van der Waals surface area contributed by atoms with Crippen LogP contribution in [0.4, 0.5) is 0 Å². The molecule has 1 heterocycles. The number of nitrogens with zero attached hydrogens (tertiary/aromatic N) is 4. The van der Waals surface area contributed by atoms with Crippen LogP contribution in [0.25, 0.3) is 11.4 Å². The third-order valence-electron chi connectivity index (χ3n) is 2.48. The standard InChI is InChI=1S/C11H13N5O4S.2C2H6/c1-7(11(17)18)14-20-21(19)9-5-3-8(4-6-9)10-12-15-16(2)13-10;2*1-2/h3-7,14H,1-2H3,(H,17,18);2*1-2H3. The molecule has 1 aromatic heterocycles. The Morgan fingerprint density at radius 2 is 1.80 bits per heavy atom. The summed E-state index contributed by atoms with van der Waals surface area (Å²) in [5, 5.41) is 20.3. The van der Waals surface area contributed by atoms with Gasteiger partial charge in [0.2, 0.25) is 16.9 Å². The van der Waals surface area contributed by atoms with E-state index in [-0.39, 0.29) is 0 Å². The molecule has 2 atom stereocenters. The van der Waals surface area contributed by atoms with Crippen LogP contribution in [-0.4, -0.2) is 41.5 Å². The summed E-state index contributed by atoms with van der Waals surface area (Å²) in [5.41, 5.74) is 2.91. The van der Waals surface area contributed by atoms with Crippen molar-refractivity contribution in [3.63, 3.8) is 0 Å². The average Bonchev–Trinajstić information content (AvgIpc) is 3.09. The summed E-state index contributed by atoms with van der Waals surface area (Å²) < 4.78 is 16.6. The molecule has 0 aliphatic carbocycles. The fraction of sp³-hybridized carbons (Fsp3) is 0.467. The number of hydroxylamine groups is 1. The van der Waals surface area contributed by atoms with Gasteiger partial charge in [0.15, 0.2) is 0 Å². The lowest BCUT2D eigenvalue weighted by molar-refractivity contribution is -0.140. The summed E-state index contributed by atoms with van der Waals surface area (Å²) in [6.45, 7) is 9.38. The monoisotopic (exact) mass is 371 g/mol. The number of hydrogen-bond donors (Lipinski definition) is 2. The summed E-state index contributed by atoms with van der Waals surface area (Å²) >= 11 is -1.82. The van der Waals surface area contributed by atoms with Crippen LogP contribution in [0.5, 0.6) is 0 Å². The molecule has 0 spiro atoms. The molecular weight excluding hydrogens is 346 g/mol. The van der Waals surface area contributed by atoms with Gasteiger partial charge in [-0.3, -0.25) is 4.79 Å². The van der Waals surface area contributed by atoms with Crippen molar-refractivity contribution in [2.45, 2.75) is 45.6 Å². The molecule has 0 amide bonds. The largest absolute Gasteiger partial charge is 0.480 e. The molecule has 0 saturated carbocycles. The van der Waals surface area contributed by atoms with E-state index >= 15 is 0 Å². The first-order valence-electron chi connectivity index (χ1n) is 7.89. The van der Waals surface area contributed by atoms with Crippen molar-refractivity contribution in [1.82, 2.24) is 25.7 Å². The van der Waals surface area contributed by atoms with Crippen LogP contribution in [0, 0.1) is 0 Å². The second kappa shape index (κ2) is 12.2. The molecule has 0 aliphatic heterocycles. The van der Waals surface area contributed by atoms with Crippen LogP contribution in [0.15, 0.2) is 29.2 Å². The highest BCUT2D eigenvalue weighted by molar-refractivity contribution is 7.80. The zero-order chi connectivity index (χ0) is 19.4. The first-order chi connectivity index (χ1) is 12.0. The van der Waals surface area contributed by atoms with Gasteiger partial charge in [0.1, 0.15) is 6.04 Å². The van der Waals surface area contributed by atoms with Crippen molar-refractivity contribution >= 4 is 17.0 Å². The topological polar surface area (TPSA) is 119 Å². The highest BCUT2D eigenvalue weighted by Crippen LogP contribution is 2.16. The molecular formula is C15H25N5O4S. The Morgan fingerprint density at radius 1 is 1.24 bits per heavy atom. The third kappa shape index (κ3) is 7.50. The molecule has 25 heavy (non-hydrogen) atoms. The summed E-state index contributed by atoms with van der Waals surface area (Å²) in [5.74, 6) is -0.649. The Bertz CT molecular complexity index is 660. The summed E-state index contributed by atoms with van der Waals surface area (Å²) in [7, 11) is 1.66. The quantitative estimate of drug-likeness (QED) is 0.740. The Hall–Kier alpha value is -2.17. The maximum Gasteiger partial charge on any atom is 0.322 e. The fourth-order valence-corrected chi connectivity index (χ4v) is 2.02. The first-order valence-corrected chi connectivity index (χ1v) is 8.96. The normalized spacial score (nSPS) is 12.1. The van der Waals surface area contributed by atoms with E-state index in [1.807, 2.05) is 27.7 Å². The minimum absolute atomic E-state index is 0.382. The molecule has 0 fully saturated rings. The van der Waals surface area contributed by atoms with Gasteiger partial charge in [-0.15, -0.1) is 10.2 Å². The minimum Gasteiger partial charge on any atom is -0.480 e. The van der Waals surface area contributed by atoms with Gasteiger partial charge < -0.3 is 5.11 Å². The molecule has 140 valence electrons. The van der Waals surface area contributed by atoms with Crippen LogP contribution < -0.4 is 5.48 Å². The van der Waals surface area contributed by atoms with E-state index in [4.69, 9.17) is 9.39 Å². The molecule has 0 aliphatic rings. The molecule has 0 bridgehead atoms. The van der Waals surface area contributed by atoms with E-state index in [0.29, 0.717) is 10.7 Å². The Morgan fingerprint density at radius 3 is 2.24 bits per heavy atom. The average molecular weight is 371 g/mol. The molecule has 2 unspecified atom stereocenters. The molecule has 0 radical (unpaired) electrons. The predicted octanol–water partition coefficient (Wildman–Crippen LogP) is 1.95. The van der Waals surface area contributed by atoms with Crippen molar-refractivity contribution in [2.24, 2.45) is 7.05 Å². The highest BCUT2D eigenvalue weighted by atomic mass is 32.2. The van der Waals surface area contributed by atoms with Crippen molar-refractivity contribution in [1.29, 1.82) is 0 Å². The predicted molar refractivity (Wildman–Crippen MR) is 94.7 cm³/mol. The number of nitrogens with one attached hydrogen (secondary N) is 1. The molecule has 1 aromatic carbocycles. The number of aliphatic carboxylic acids is 1. The lowest BCUT2D eigenvalue weighted by Crippen LogP contribution is -2.34. The zero-order valence-electron chi connectivity index (χ0n) is 15.3. The Kier molecular flexibility index (Phi) is 11.2. The maximum absolute atomic E-state index is 11.8. The van der Waals surface area contributed by atoms with Gasteiger partial charge in [-0.2, -0.15) is 14.6 Å². The van der Waals surface area contributed by atoms with Gasteiger partial charge in [-0.05, 0) is 36.4 Å². The van der Waals surface area contributed by atoms with E-state index in [9.17, 15) is 9.00 Å². The van der Waals surface area contributed by atoms with Crippen molar-refractivity contribution in [3.8, 4) is 11.4 Å². The van der Waals surface area contributed by atoms with Crippen molar-refractivity contribution in [3.05, 3.63) is 24.3 Å². The fourth-order valence-electron chi connectivity index (χ4n) is 1.33. The van der Waals surface area contributed by atoms with Crippen molar-refractivity contribution < 1.29 is 18.4 Å². The molecule has 9 nitrogen and oxygen atoms in total. The molecule has 10 heteroatoms. The third-order valence-corrected chi connectivity index (χ3v) is 3.39. The van der Waals surface area contributed by atoms with Gasteiger partial charge in [0, 0.05) is 5.56 Å². The number of rotatable bonds is 6. The maximum atomic E-state index is 11.8. The number of tetrazole rings is 1. The van der Waals surface area contributed by atoms with Crippen LogP contribution in [0.2, 0.25) is 0 Å². The number of hydrogen-bond acceptors (Lipinski definition) is 7. The Balaban J connectivity index is 0.00000134. The van der Waals surface area contributed by atoms with E-state index in [1.165, 1.54) is 11.7 Å². The van der Waals surface area contributed by atoms with Crippen molar-refractivity contribution in [2.75, 3.05) is 0 Å². The zero-order valence-corrected chi connectivity index (χ0v) is 16.1. The number of aryl methyl sites for hydroxylation is 1. The van der Waals surface area contributed by atoms with Crippen LogP contribution >= 0.6 is 0 Å². The van der Waals surface area contributed by atoms with E-state index in [1.54, 1.807) is 31.3 Å². The van der Waals surface area contributed by atoms with Gasteiger partial charge in [-0.25, -0.2) is 4.21 Å². The highest BCUT2D eigenvalue weighted by Gasteiger charge is 2.13. The molecule has 0 saturated heterocycles. The van der Waals surface area contributed by atoms with Crippen LogP contribution in [0.1, 0.15) is 34.6 Å². The van der Waals surface area contributed by atoms with Crippen LogP contribution in [0.3, 0.4) is 0 Å². The summed E-state index contributed by atoms with van der Waals surface area (Å²) in [6, 6.07) is 5.55. The Labute approximate surface area is 150 Å². The minimum atomic E-state index is -1.82. The second-order valence-corrected chi connectivity index (χ2v) is 5.23. The number of carboxylic acid groups (broad SMARTS) is 1. The lowest BCUT2D eigenvalue weighted by atomic mass is 10.2. The SMILES string of the molecule is CC.CC.CC(NOS(=O)c1ccc(-c2nnn(C)n2)cc1)C(=O)O. The number of aromatic nitrogens is 4. The molecule has 2 N–H and O–H groups in total. The number of benzene rings is 1. The number of carbonyl (C=O) groups is 1. The van der Waals surface area contributed by atoms with Gasteiger partial charge in [-0.1, -0.05) is 27.7 Å². The first kappa shape index (κ1) is 22.8. The summed E-state index contributed by atoms with van der Waals surface area (Å²) in [6.07, 6.45) is 0. The van der Waals surface area contributed by atoms with Crippen LogP contribution in [-0.2, 0) is 27.2 Å². The van der Waals surface area contributed by atoms with E-state index in [0.717, 1.165) is 5.56 Å². The van der Waals surface area contributed by atoms with E-state index in [2.05, 4.69) is 20.9 Å². The van der Waals surface area contributed by atoms with Gasteiger partial charge >= 0.3 is 5.97 Å². The van der Waals surface area contributed by atoms with E-state index < -0.39 is 23.1 Å². The number of carboxylic acids is 1. The second-order valence-electron chi connectivity index (χ2n) is 4.12. The lowest BCUT2D eigenvalue weighted by Gasteiger charge is -2.08. The van der Waals surface area contributed by atoms with Gasteiger partial charge in [0.05, 0.1) is 11.9 Å².